The summed E-state index contributed by atoms with van der Waals surface area (Å²) in [6.07, 6.45) is 6.27. The first-order valence-corrected chi connectivity index (χ1v) is 9.73. The number of H-pyrrole nitrogens is 1. The van der Waals surface area contributed by atoms with Crippen LogP contribution in [0.3, 0.4) is 0 Å². The van der Waals surface area contributed by atoms with Crippen LogP contribution < -0.4 is 10.9 Å². The summed E-state index contributed by atoms with van der Waals surface area (Å²) in [4.78, 5) is 33.8. The minimum Gasteiger partial charge on any atom is -0.337 e. The zero-order chi connectivity index (χ0) is 19.3. The van der Waals surface area contributed by atoms with Crippen LogP contribution in [0, 0.1) is 6.92 Å². The van der Waals surface area contributed by atoms with Crippen molar-refractivity contribution in [1.82, 2.24) is 24.6 Å². The van der Waals surface area contributed by atoms with Gasteiger partial charge in [-0.25, -0.2) is 4.98 Å². The van der Waals surface area contributed by atoms with Crippen LogP contribution in [-0.4, -0.2) is 43.8 Å². The smallest absolute Gasteiger partial charge is 0.291 e. The summed E-state index contributed by atoms with van der Waals surface area (Å²) in [5, 5.41) is 3.72. The fourth-order valence-electron chi connectivity index (χ4n) is 4.50. The molecular weight excluding hydrogens is 354 g/mol. The lowest BCUT2D eigenvalue weighted by Gasteiger charge is -2.45. The molecule has 0 radical (unpaired) electrons. The Morgan fingerprint density at radius 2 is 1.89 bits per heavy atom. The summed E-state index contributed by atoms with van der Waals surface area (Å²) in [6.45, 7) is 4.08. The molecule has 5 rings (SSSR count). The van der Waals surface area contributed by atoms with Gasteiger partial charge in [-0.2, -0.15) is 0 Å². The van der Waals surface area contributed by atoms with Crippen molar-refractivity contribution < 1.29 is 4.79 Å². The van der Waals surface area contributed by atoms with Crippen molar-refractivity contribution in [1.29, 1.82) is 0 Å². The number of likely N-dealkylation sites (tertiary alicyclic amines) is 1. The number of amides is 1. The highest BCUT2D eigenvalue weighted by molar-refractivity contribution is 5.93. The van der Waals surface area contributed by atoms with Crippen LogP contribution in [0.5, 0.6) is 0 Å². The van der Waals surface area contributed by atoms with E-state index in [9.17, 15) is 9.59 Å². The van der Waals surface area contributed by atoms with Gasteiger partial charge in [0.25, 0.3) is 11.5 Å². The minimum atomic E-state index is -0.276. The highest BCUT2D eigenvalue weighted by Gasteiger charge is 2.38. The maximum absolute atomic E-state index is 13.0. The topological polar surface area (TPSA) is 82.5 Å². The minimum absolute atomic E-state index is 0.0678. The molecule has 2 aliphatic heterocycles. The molecule has 0 saturated carbocycles. The number of aromatic amines is 1. The lowest BCUT2D eigenvalue weighted by molar-refractivity contribution is 0.0626. The molecule has 144 valence electrons. The number of fused-ring (bicyclic) bond motifs is 2. The molecule has 2 aliphatic rings. The van der Waals surface area contributed by atoms with E-state index in [2.05, 4.69) is 39.6 Å². The Labute approximate surface area is 162 Å². The second-order valence-electron chi connectivity index (χ2n) is 7.99. The number of rotatable bonds is 1. The average Bonchev–Trinajstić information content (AvgIpc) is 3.12. The van der Waals surface area contributed by atoms with Gasteiger partial charge in [0.2, 0.25) is 5.65 Å². The number of carbonyl (C=O) groups is 1. The number of nitrogens with one attached hydrogen (secondary N) is 2. The van der Waals surface area contributed by atoms with Crippen molar-refractivity contribution in [2.75, 3.05) is 13.1 Å². The Kier molecular flexibility index (Phi) is 3.87. The van der Waals surface area contributed by atoms with E-state index in [1.54, 1.807) is 16.8 Å². The monoisotopic (exact) mass is 377 g/mol. The molecule has 28 heavy (non-hydrogen) atoms. The molecule has 4 heterocycles. The molecular formula is C21H23N5O2. The number of imidazole rings is 1. The van der Waals surface area contributed by atoms with Crippen LogP contribution in [0.25, 0.3) is 5.65 Å². The SMILES string of the molecule is Cc1cn2cc(C(=O)N3CCC4(CC3)Cc3ccccc3CN4)nc2c(=O)[nH]1. The predicted molar refractivity (Wildman–Crippen MR) is 105 cm³/mol. The first kappa shape index (κ1) is 17.2. The van der Waals surface area contributed by atoms with E-state index in [1.165, 1.54) is 11.1 Å². The van der Waals surface area contributed by atoms with Crippen molar-refractivity contribution in [3.63, 3.8) is 0 Å². The molecule has 1 spiro atoms. The quantitative estimate of drug-likeness (QED) is 0.676. The maximum atomic E-state index is 13.0. The van der Waals surface area contributed by atoms with Crippen LogP contribution in [0.15, 0.2) is 41.5 Å². The van der Waals surface area contributed by atoms with Crippen molar-refractivity contribution in [2.45, 2.75) is 38.3 Å². The van der Waals surface area contributed by atoms with Crippen molar-refractivity contribution in [2.24, 2.45) is 0 Å². The number of nitrogens with zero attached hydrogens (tertiary/aromatic N) is 3. The van der Waals surface area contributed by atoms with Gasteiger partial charge in [-0.3, -0.25) is 14.0 Å². The first-order chi connectivity index (χ1) is 13.5. The van der Waals surface area contributed by atoms with E-state index in [0.717, 1.165) is 31.5 Å². The number of piperidine rings is 1. The average molecular weight is 377 g/mol. The van der Waals surface area contributed by atoms with Crippen molar-refractivity contribution in [3.05, 3.63) is 69.5 Å². The number of carbonyl (C=O) groups excluding carboxylic acids is 1. The standard InChI is InChI=1S/C21H23N5O2/c1-14-12-26-13-17(24-18(26)19(27)23-14)20(28)25-8-6-21(7-9-25)10-15-4-2-3-5-16(15)11-22-21/h2-5,12-13,22H,6-11H2,1H3,(H,23,27). The first-order valence-electron chi connectivity index (χ1n) is 9.73. The molecule has 3 aromatic rings. The number of hydrogen-bond acceptors (Lipinski definition) is 4. The zero-order valence-electron chi connectivity index (χ0n) is 15.9. The fraction of sp³-hybridized carbons (Fsp3) is 0.381. The van der Waals surface area contributed by atoms with Gasteiger partial charge in [0.1, 0.15) is 5.69 Å². The molecule has 0 unspecified atom stereocenters. The van der Waals surface area contributed by atoms with E-state index >= 15 is 0 Å². The molecule has 2 aromatic heterocycles. The summed E-state index contributed by atoms with van der Waals surface area (Å²) < 4.78 is 1.63. The highest BCUT2D eigenvalue weighted by atomic mass is 16.2. The van der Waals surface area contributed by atoms with Crippen LogP contribution >= 0.6 is 0 Å². The molecule has 1 aromatic carbocycles. The number of aromatic nitrogens is 3. The Bertz CT molecular complexity index is 1120. The van der Waals surface area contributed by atoms with Gasteiger partial charge in [-0.1, -0.05) is 24.3 Å². The summed E-state index contributed by atoms with van der Waals surface area (Å²) in [5.74, 6) is -0.105. The van der Waals surface area contributed by atoms with Crippen molar-refractivity contribution >= 4 is 11.6 Å². The van der Waals surface area contributed by atoms with Gasteiger partial charge >= 0.3 is 0 Å². The lowest BCUT2D eigenvalue weighted by Crippen LogP contribution is -2.57. The molecule has 7 nitrogen and oxygen atoms in total. The van der Waals surface area contributed by atoms with Gasteiger partial charge in [-0.05, 0) is 37.3 Å². The Morgan fingerprint density at radius 3 is 2.68 bits per heavy atom. The highest BCUT2D eigenvalue weighted by Crippen LogP contribution is 2.32. The number of hydrogen-bond donors (Lipinski definition) is 2. The third kappa shape index (κ3) is 2.82. The summed E-state index contributed by atoms with van der Waals surface area (Å²) >= 11 is 0. The molecule has 1 amide bonds. The Morgan fingerprint density at radius 1 is 1.14 bits per heavy atom. The summed E-state index contributed by atoms with van der Waals surface area (Å²) in [6, 6.07) is 8.58. The predicted octanol–water partition coefficient (Wildman–Crippen LogP) is 1.65. The van der Waals surface area contributed by atoms with Gasteiger partial charge < -0.3 is 15.2 Å². The second kappa shape index (κ2) is 6.31. The van der Waals surface area contributed by atoms with Crippen LogP contribution in [0.4, 0.5) is 0 Å². The summed E-state index contributed by atoms with van der Waals surface area (Å²) in [5.41, 5.74) is 3.90. The number of aryl methyl sites for hydroxylation is 1. The van der Waals surface area contributed by atoms with Crippen LogP contribution in [-0.2, 0) is 13.0 Å². The molecule has 0 atom stereocenters. The van der Waals surface area contributed by atoms with Gasteiger partial charge in [0.05, 0.1) is 0 Å². The van der Waals surface area contributed by atoms with E-state index in [0.29, 0.717) is 18.8 Å². The second-order valence-corrected chi connectivity index (χ2v) is 7.99. The third-order valence-corrected chi connectivity index (χ3v) is 6.11. The molecule has 1 fully saturated rings. The van der Waals surface area contributed by atoms with Gasteiger partial charge in [0, 0.05) is 43.3 Å². The fourth-order valence-corrected chi connectivity index (χ4v) is 4.50. The Balaban J connectivity index is 1.33. The van der Waals surface area contributed by atoms with E-state index < -0.39 is 0 Å². The largest absolute Gasteiger partial charge is 0.337 e. The normalized spacial score (nSPS) is 18.4. The van der Waals surface area contributed by atoms with E-state index in [4.69, 9.17) is 0 Å². The third-order valence-electron chi connectivity index (χ3n) is 6.11. The van der Waals surface area contributed by atoms with Crippen LogP contribution in [0.2, 0.25) is 0 Å². The zero-order valence-corrected chi connectivity index (χ0v) is 15.9. The molecule has 1 saturated heterocycles. The molecule has 0 bridgehead atoms. The van der Waals surface area contributed by atoms with Gasteiger partial charge in [0.15, 0.2) is 0 Å². The molecule has 0 aliphatic carbocycles. The summed E-state index contributed by atoms with van der Waals surface area (Å²) in [7, 11) is 0. The molecule has 2 N–H and O–H groups in total. The van der Waals surface area contributed by atoms with Crippen LogP contribution in [0.1, 0.15) is 40.2 Å². The van der Waals surface area contributed by atoms with E-state index in [1.807, 2.05) is 11.8 Å². The lowest BCUT2D eigenvalue weighted by atomic mass is 9.78. The Hall–Kier alpha value is -2.93. The van der Waals surface area contributed by atoms with Gasteiger partial charge in [-0.15, -0.1) is 0 Å². The molecule has 7 heteroatoms. The number of benzene rings is 1. The maximum Gasteiger partial charge on any atom is 0.291 e. The van der Waals surface area contributed by atoms with E-state index in [-0.39, 0.29) is 22.7 Å². The van der Waals surface area contributed by atoms with Crippen molar-refractivity contribution in [3.8, 4) is 0 Å².